The highest BCUT2D eigenvalue weighted by Crippen LogP contribution is 2.72. The van der Waals surface area contributed by atoms with Gasteiger partial charge in [-0.3, -0.25) is 14.4 Å². The van der Waals surface area contributed by atoms with Crippen LogP contribution in [0.1, 0.15) is 47.0 Å². The lowest BCUT2D eigenvalue weighted by molar-refractivity contribution is -0.231. The van der Waals surface area contributed by atoms with Gasteiger partial charge in [0.2, 0.25) is 11.6 Å². The summed E-state index contributed by atoms with van der Waals surface area (Å²) in [5, 5.41) is 21.0. The summed E-state index contributed by atoms with van der Waals surface area (Å²) in [6.45, 7) is 4.73. The molecule has 0 unspecified atom stereocenters. The molecule has 0 aliphatic heterocycles. The maximum atomic E-state index is 17.1. The monoisotopic (exact) mass is 470 g/mol. The number of carbonyl (C=O) groups is 3. The van der Waals surface area contributed by atoms with E-state index >= 15 is 8.78 Å². The number of fused-ring (bicyclic) bond motifs is 5. The van der Waals surface area contributed by atoms with Gasteiger partial charge in [-0.05, 0) is 38.2 Å². The van der Waals surface area contributed by atoms with E-state index in [1.54, 1.807) is 13.8 Å². The molecule has 33 heavy (non-hydrogen) atoms. The van der Waals surface area contributed by atoms with E-state index in [0.29, 0.717) is 0 Å². The van der Waals surface area contributed by atoms with Crippen LogP contribution in [0, 0.1) is 28.6 Å². The number of aliphatic hydroxyl groups excluding tert-OH is 2. The van der Waals surface area contributed by atoms with Crippen LogP contribution >= 0.6 is 0 Å². The maximum Gasteiger partial charge on any atom is 0.303 e. The Morgan fingerprint density at radius 3 is 2.45 bits per heavy atom. The van der Waals surface area contributed by atoms with Crippen molar-refractivity contribution in [1.29, 1.82) is 0 Å². The summed E-state index contributed by atoms with van der Waals surface area (Å²) >= 11 is 0. The molecule has 182 valence electrons. The number of allylic oxidation sites excluding steroid dienone is 4. The van der Waals surface area contributed by atoms with Crippen LogP contribution in [0.2, 0.25) is 0 Å². The van der Waals surface area contributed by atoms with E-state index in [2.05, 4.69) is 0 Å². The van der Waals surface area contributed by atoms with Crippen molar-refractivity contribution >= 4 is 17.5 Å². The summed E-state index contributed by atoms with van der Waals surface area (Å²) in [6, 6.07) is 0. The zero-order chi connectivity index (χ0) is 24.7. The Labute approximate surface area is 189 Å². The van der Waals surface area contributed by atoms with Gasteiger partial charge >= 0.3 is 5.97 Å². The van der Waals surface area contributed by atoms with Crippen LogP contribution in [0.15, 0.2) is 23.6 Å². The fraction of sp³-hybridized carbons (Fsp3) is 0.708. The first-order valence-corrected chi connectivity index (χ1v) is 11.2. The Morgan fingerprint density at radius 2 is 1.88 bits per heavy atom. The van der Waals surface area contributed by atoms with Gasteiger partial charge in [-0.2, -0.15) is 0 Å². The summed E-state index contributed by atoms with van der Waals surface area (Å²) in [5.74, 6) is -6.44. The van der Waals surface area contributed by atoms with Crippen LogP contribution in [0.3, 0.4) is 0 Å². The lowest BCUT2D eigenvalue weighted by atomic mass is 9.44. The van der Waals surface area contributed by atoms with Crippen LogP contribution < -0.4 is 0 Å². The highest BCUT2D eigenvalue weighted by molar-refractivity contribution is 6.04. The smallest absolute Gasteiger partial charge is 0.303 e. The number of ketones is 2. The SMILES string of the molecule is CC(=O)O[C@@]1(C(=O)CO)[C@@H](C)C[C@H]2[C@@H]3C[C@H](F)C4=C(F)C(=O)C=C[C@]4(C)[C@@]3(F)[C@@H](O)C[C@@]21C. The first-order valence-electron chi connectivity index (χ1n) is 11.2. The van der Waals surface area contributed by atoms with Crippen molar-refractivity contribution in [2.45, 2.75) is 70.5 Å². The number of rotatable bonds is 3. The second-order valence-corrected chi connectivity index (χ2v) is 10.5. The molecular weight excluding hydrogens is 441 g/mol. The molecular formula is C24H29F3O6. The van der Waals surface area contributed by atoms with E-state index in [0.717, 1.165) is 19.1 Å². The number of hydrogen-bond acceptors (Lipinski definition) is 6. The van der Waals surface area contributed by atoms with Crippen LogP contribution in [0.25, 0.3) is 0 Å². The second kappa shape index (κ2) is 7.25. The van der Waals surface area contributed by atoms with E-state index in [1.165, 1.54) is 6.92 Å². The highest BCUT2D eigenvalue weighted by atomic mass is 19.2. The molecule has 0 bridgehead atoms. The predicted octanol–water partition coefficient (Wildman–Crippen LogP) is 2.71. The van der Waals surface area contributed by atoms with Gasteiger partial charge in [0.15, 0.2) is 17.1 Å². The van der Waals surface area contributed by atoms with E-state index in [4.69, 9.17) is 4.74 Å². The fourth-order valence-corrected chi connectivity index (χ4v) is 7.83. The molecule has 9 atom stereocenters. The molecule has 4 aliphatic carbocycles. The first kappa shape index (κ1) is 24.1. The van der Waals surface area contributed by atoms with Crippen molar-refractivity contribution in [3.63, 3.8) is 0 Å². The lowest BCUT2D eigenvalue weighted by Gasteiger charge is -2.63. The van der Waals surface area contributed by atoms with Crippen molar-refractivity contribution < 1.29 is 42.5 Å². The van der Waals surface area contributed by atoms with Gasteiger partial charge in [0.05, 0.1) is 6.10 Å². The van der Waals surface area contributed by atoms with E-state index in [9.17, 15) is 29.0 Å². The van der Waals surface area contributed by atoms with Gasteiger partial charge in [0.25, 0.3) is 0 Å². The van der Waals surface area contributed by atoms with Crippen molar-refractivity contribution in [3.8, 4) is 0 Å². The number of Topliss-reactive ketones (excluding diaryl/α,β-unsaturated/α-hetero) is 1. The summed E-state index contributed by atoms with van der Waals surface area (Å²) < 4.78 is 52.9. The third-order valence-corrected chi connectivity index (χ3v) is 9.11. The Morgan fingerprint density at radius 1 is 1.24 bits per heavy atom. The summed E-state index contributed by atoms with van der Waals surface area (Å²) in [4.78, 5) is 36.9. The van der Waals surface area contributed by atoms with Crippen LogP contribution in [-0.2, 0) is 19.1 Å². The number of esters is 1. The Balaban J connectivity index is 1.91. The average Bonchev–Trinajstić information content (AvgIpc) is 2.94. The molecule has 0 amide bonds. The highest BCUT2D eigenvalue weighted by Gasteiger charge is 2.78. The molecule has 3 saturated carbocycles. The second-order valence-electron chi connectivity index (χ2n) is 10.5. The van der Waals surface area contributed by atoms with Crippen LogP contribution in [-0.4, -0.2) is 57.9 Å². The van der Waals surface area contributed by atoms with Gasteiger partial charge in [-0.25, -0.2) is 13.2 Å². The van der Waals surface area contributed by atoms with Crippen LogP contribution in [0.4, 0.5) is 13.2 Å². The molecule has 6 nitrogen and oxygen atoms in total. The topological polar surface area (TPSA) is 101 Å². The van der Waals surface area contributed by atoms with E-state index < -0.39 is 94.1 Å². The molecule has 0 aromatic carbocycles. The van der Waals surface area contributed by atoms with Gasteiger partial charge in [-0.15, -0.1) is 0 Å². The van der Waals surface area contributed by atoms with Crippen molar-refractivity contribution in [2.75, 3.05) is 6.61 Å². The van der Waals surface area contributed by atoms with Gasteiger partial charge < -0.3 is 14.9 Å². The van der Waals surface area contributed by atoms with E-state index in [1.807, 2.05) is 0 Å². The van der Waals surface area contributed by atoms with Gasteiger partial charge in [0.1, 0.15) is 12.8 Å². The fourth-order valence-electron chi connectivity index (χ4n) is 7.83. The quantitative estimate of drug-likeness (QED) is 0.616. The zero-order valence-electron chi connectivity index (χ0n) is 19.0. The van der Waals surface area contributed by atoms with Gasteiger partial charge in [-0.1, -0.05) is 19.9 Å². The van der Waals surface area contributed by atoms with Gasteiger partial charge in [0, 0.05) is 35.2 Å². The first-order chi connectivity index (χ1) is 15.2. The number of carbonyl (C=O) groups excluding carboxylic acids is 3. The number of ether oxygens (including phenoxy) is 1. The van der Waals surface area contributed by atoms with Crippen molar-refractivity contribution in [3.05, 3.63) is 23.6 Å². The number of alkyl halides is 2. The van der Waals surface area contributed by atoms with Crippen molar-refractivity contribution in [2.24, 2.45) is 28.6 Å². The largest absolute Gasteiger partial charge is 0.450 e. The molecule has 0 radical (unpaired) electrons. The molecule has 0 aromatic rings. The molecule has 4 rings (SSSR count). The van der Waals surface area contributed by atoms with E-state index in [-0.39, 0.29) is 12.8 Å². The minimum atomic E-state index is -2.53. The average molecular weight is 470 g/mol. The summed E-state index contributed by atoms with van der Waals surface area (Å²) in [6.07, 6.45) is -2.42. The Bertz CT molecular complexity index is 993. The molecule has 3 fully saturated rings. The molecule has 0 aromatic heterocycles. The third kappa shape index (κ3) is 2.66. The minimum absolute atomic E-state index is 0.172. The standard InChI is InChI=1S/C24H29F3O6/c1-11-7-13-14-8-15(25)19-20(26)16(30)5-6-21(19,3)23(14,27)17(31)9-22(13,4)24(11,18(32)10-28)33-12(2)29/h5-6,11,13-15,17,28,31H,7-10H2,1-4H3/t11-,13-,14-,15-,17-,21-,22-,23-,24+/m0/s1. The zero-order valence-corrected chi connectivity index (χ0v) is 19.0. The Hall–Kier alpha value is -2.00. The molecule has 4 aliphatic rings. The number of halogens is 3. The molecule has 2 N–H and O–H groups in total. The lowest BCUT2D eigenvalue weighted by Crippen LogP contribution is -2.71. The normalized spacial score (nSPS) is 48.8. The summed E-state index contributed by atoms with van der Waals surface area (Å²) in [7, 11) is 0. The molecule has 0 heterocycles. The predicted molar refractivity (Wildman–Crippen MR) is 110 cm³/mol. The van der Waals surface area contributed by atoms with Crippen molar-refractivity contribution in [1.82, 2.24) is 0 Å². The number of hydrogen-bond donors (Lipinski definition) is 2. The Kier molecular flexibility index (Phi) is 5.30. The number of aliphatic hydroxyl groups is 2. The van der Waals surface area contributed by atoms with Crippen LogP contribution in [0.5, 0.6) is 0 Å². The summed E-state index contributed by atoms with van der Waals surface area (Å²) in [5.41, 5.74) is -8.17. The molecule has 0 spiro atoms. The maximum absolute atomic E-state index is 17.1. The molecule has 9 heteroatoms. The third-order valence-electron chi connectivity index (χ3n) is 9.11. The molecule has 0 saturated heterocycles. The minimum Gasteiger partial charge on any atom is -0.450 e.